The van der Waals surface area contributed by atoms with E-state index in [2.05, 4.69) is 39.0 Å². The van der Waals surface area contributed by atoms with E-state index in [0.717, 1.165) is 46.4 Å². The number of rotatable bonds is 4. The number of amidine groups is 1. The minimum Gasteiger partial charge on any atom is -0.370 e. The average molecular weight is 356 g/mol. The van der Waals surface area contributed by atoms with E-state index in [1.54, 1.807) is 7.05 Å². The quantitative estimate of drug-likeness (QED) is 0.891. The first kappa shape index (κ1) is 17.9. The van der Waals surface area contributed by atoms with Crippen LogP contribution in [0.25, 0.3) is 5.57 Å². The van der Waals surface area contributed by atoms with Crippen LogP contribution in [0.5, 0.6) is 0 Å². The van der Waals surface area contributed by atoms with Gasteiger partial charge in [-0.15, -0.1) is 0 Å². The maximum absolute atomic E-state index is 5.88. The van der Waals surface area contributed by atoms with Gasteiger partial charge in [-0.2, -0.15) is 0 Å². The zero-order valence-corrected chi connectivity index (χ0v) is 15.4. The lowest BCUT2D eigenvalue weighted by Crippen LogP contribution is -2.19. The molecule has 6 heteroatoms. The van der Waals surface area contributed by atoms with Gasteiger partial charge in [0.2, 0.25) is 0 Å². The fraction of sp³-hybridized carbons (Fsp3) is 0.421. The van der Waals surface area contributed by atoms with E-state index >= 15 is 0 Å². The second-order valence-electron chi connectivity index (χ2n) is 6.09. The van der Waals surface area contributed by atoms with Crippen molar-refractivity contribution in [3.05, 3.63) is 53.5 Å². The normalized spacial score (nSPS) is 24.1. The van der Waals surface area contributed by atoms with Crippen LogP contribution in [0.15, 0.2) is 47.1 Å². The molecule has 132 valence electrons. The third kappa shape index (κ3) is 5.28. The molecule has 0 saturated heterocycles. The molecule has 3 rings (SSSR count). The van der Waals surface area contributed by atoms with Crippen molar-refractivity contribution in [2.24, 2.45) is 4.99 Å². The van der Waals surface area contributed by atoms with E-state index in [4.69, 9.17) is 4.74 Å². The number of aromatic nitrogens is 2. The molecule has 1 N–H and O–H groups in total. The largest absolute Gasteiger partial charge is 0.370 e. The summed E-state index contributed by atoms with van der Waals surface area (Å²) in [5, 5.41) is 4.11. The molecule has 1 aromatic heterocycles. The molecule has 2 aliphatic rings. The molecular formula is C19H24N4OS. The highest BCUT2D eigenvalue weighted by atomic mass is 32.2. The molecule has 25 heavy (non-hydrogen) atoms. The summed E-state index contributed by atoms with van der Waals surface area (Å²) in [6, 6.07) is 0. The Kier molecular flexibility index (Phi) is 6.42. The van der Waals surface area contributed by atoms with Gasteiger partial charge in [0.1, 0.15) is 6.61 Å². The lowest BCUT2D eigenvalue weighted by molar-refractivity contribution is 0.0417. The van der Waals surface area contributed by atoms with Crippen LogP contribution in [0.4, 0.5) is 0 Å². The molecule has 2 heterocycles. The number of aliphatic imine (C=N–C) groups is 1. The van der Waals surface area contributed by atoms with Gasteiger partial charge in [0.15, 0.2) is 11.0 Å². The summed E-state index contributed by atoms with van der Waals surface area (Å²) in [6.45, 7) is 5.30. The Balaban J connectivity index is 1.68. The fourth-order valence-electron chi connectivity index (χ4n) is 2.87. The first-order valence-electron chi connectivity index (χ1n) is 8.63. The molecule has 5 nitrogen and oxygen atoms in total. The van der Waals surface area contributed by atoms with Crippen LogP contribution in [-0.4, -0.2) is 34.8 Å². The van der Waals surface area contributed by atoms with E-state index in [1.807, 2.05) is 18.5 Å². The molecule has 1 aliphatic carbocycles. The zero-order valence-electron chi connectivity index (χ0n) is 14.6. The number of nitrogens with zero attached hydrogens (tertiary/aromatic N) is 3. The topological polar surface area (TPSA) is 59.4 Å². The molecule has 1 fully saturated rings. The van der Waals surface area contributed by atoms with Crippen LogP contribution in [0.1, 0.15) is 37.1 Å². The van der Waals surface area contributed by atoms with Crippen LogP contribution >= 0.6 is 11.8 Å². The maximum Gasteiger partial charge on any atom is 0.161 e. The van der Waals surface area contributed by atoms with Crippen molar-refractivity contribution in [2.75, 3.05) is 13.6 Å². The smallest absolute Gasteiger partial charge is 0.161 e. The highest BCUT2D eigenvalue weighted by molar-refractivity contribution is 8.17. The Bertz CT molecular complexity index is 688. The monoisotopic (exact) mass is 356 g/mol. The predicted octanol–water partition coefficient (Wildman–Crippen LogP) is 3.71. The number of thioether (sulfide) groups is 1. The molecule has 0 bridgehead atoms. The lowest BCUT2D eigenvalue weighted by Gasteiger charge is -2.10. The molecule has 1 saturated carbocycles. The lowest BCUT2D eigenvalue weighted by atomic mass is 10.1. The van der Waals surface area contributed by atoms with Gasteiger partial charge in [-0.3, -0.25) is 4.99 Å². The first-order chi connectivity index (χ1) is 12.2. The molecule has 1 aliphatic heterocycles. The van der Waals surface area contributed by atoms with Crippen molar-refractivity contribution in [3.8, 4) is 0 Å². The molecular weight excluding hydrogens is 332 g/mol. The van der Waals surface area contributed by atoms with Crippen LogP contribution in [-0.2, 0) is 11.3 Å². The van der Waals surface area contributed by atoms with Crippen LogP contribution < -0.4 is 5.32 Å². The van der Waals surface area contributed by atoms with E-state index in [0.29, 0.717) is 12.7 Å². The molecule has 0 unspecified atom stereocenters. The minimum absolute atomic E-state index is 0.380. The Hall–Kier alpha value is -1.92. The molecule has 1 aromatic rings. The Morgan fingerprint density at radius 1 is 1.32 bits per heavy atom. The Morgan fingerprint density at radius 3 is 2.80 bits per heavy atom. The molecule has 0 aromatic carbocycles. The van der Waals surface area contributed by atoms with Crippen molar-refractivity contribution >= 4 is 22.5 Å². The Labute approximate surface area is 153 Å². The van der Waals surface area contributed by atoms with Gasteiger partial charge in [0, 0.05) is 36.5 Å². The van der Waals surface area contributed by atoms with E-state index in [1.165, 1.54) is 24.6 Å². The van der Waals surface area contributed by atoms with Crippen molar-refractivity contribution in [1.82, 2.24) is 15.3 Å². The third-order valence-electron chi connectivity index (χ3n) is 4.20. The number of nitrogens with one attached hydrogen (secondary N) is 1. The van der Waals surface area contributed by atoms with Gasteiger partial charge in [-0.25, -0.2) is 9.97 Å². The number of hydrogen-bond donors (Lipinski definition) is 1. The van der Waals surface area contributed by atoms with Gasteiger partial charge in [0.25, 0.3) is 0 Å². The highest BCUT2D eigenvalue weighted by Crippen LogP contribution is 2.24. The van der Waals surface area contributed by atoms with Crippen molar-refractivity contribution in [1.29, 1.82) is 0 Å². The molecule has 0 atom stereocenters. The van der Waals surface area contributed by atoms with E-state index in [-0.39, 0.29) is 0 Å². The van der Waals surface area contributed by atoms with Crippen molar-refractivity contribution in [3.63, 3.8) is 0 Å². The standard InChI is InChI=1S/C19H24N4OS/c1-14-10-15(6-5-9-21-19(20-2)25-14)16-11-22-18(23-12-16)13-24-17-7-3-4-8-17/h5-6,10-12,17H,1,3-4,7-9,13H2,2H3,(H,20,21)/b6-5-,15-10+. The van der Waals surface area contributed by atoms with Gasteiger partial charge in [-0.1, -0.05) is 43.3 Å². The van der Waals surface area contributed by atoms with E-state index in [9.17, 15) is 0 Å². The predicted molar refractivity (Wildman–Crippen MR) is 104 cm³/mol. The van der Waals surface area contributed by atoms with Gasteiger partial charge < -0.3 is 10.1 Å². The number of ether oxygens (including phenoxy) is 1. The fourth-order valence-corrected chi connectivity index (χ4v) is 3.55. The highest BCUT2D eigenvalue weighted by Gasteiger charge is 2.15. The van der Waals surface area contributed by atoms with Gasteiger partial charge >= 0.3 is 0 Å². The van der Waals surface area contributed by atoms with Gasteiger partial charge in [0.05, 0.1) is 6.10 Å². The molecule has 0 spiro atoms. The second-order valence-corrected chi connectivity index (χ2v) is 7.20. The van der Waals surface area contributed by atoms with Crippen molar-refractivity contribution in [2.45, 2.75) is 38.4 Å². The average Bonchev–Trinajstić information content (AvgIpc) is 3.17. The van der Waals surface area contributed by atoms with Crippen molar-refractivity contribution < 1.29 is 4.74 Å². The summed E-state index contributed by atoms with van der Waals surface area (Å²) in [6.07, 6.45) is 15.1. The van der Waals surface area contributed by atoms with E-state index < -0.39 is 0 Å². The molecule has 0 radical (unpaired) electrons. The summed E-state index contributed by atoms with van der Waals surface area (Å²) in [5.41, 5.74) is 2.01. The summed E-state index contributed by atoms with van der Waals surface area (Å²) < 4.78 is 5.88. The van der Waals surface area contributed by atoms with Crippen LogP contribution in [0.2, 0.25) is 0 Å². The summed E-state index contributed by atoms with van der Waals surface area (Å²) in [4.78, 5) is 14.1. The SMILES string of the molecule is C=C1/C=C(c2cnc(COC3CCCC3)nc2)\C=C/CNC(=NC)S1. The zero-order chi connectivity index (χ0) is 17.5. The minimum atomic E-state index is 0.380. The number of hydrogen-bond acceptors (Lipinski definition) is 5. The second kappa shape index (κ2) is 8.97. The maximum atomic E-state index is 5.88. The summed E-state index contributed by atoms with van der Waals surface area (Å²) >= 11 is 1.52. The van der Waals surface area contributed by atoms with Crippen LogP contribution in [0, 0.1) is 0 Å². The number of allylic oxidation sites excluding steroid dienone is 3. The van der Waals surface area contributed by atoms with Gasteiger partial charge in [-0.05, 0) is 24.5 Å². The van der Waals surface area contributed by atoms with Crippen LogP contribution in [0.3, 0.4) is 0 Å². The molecule has 0 amide bonds. The third-order valence-corrected chi connectivity index (χ3v) is 5.11. The summed E-state index contributed by atoms with van der Waals surface area (Å²) in [7, 11) is 1.77. The first-order valence-corrected chi connectivity index (χ1v) is 9.45. The Morgan fingerprint density at radius 2 is 2.08 bits per heavy atom. The summed E-state index contributed by atoms with van der Waals surface area (Å²) in [5.74, 6) is 0.735.